The monoisotopic (exact) mass is 364 g/mol. The summed E-state index contributed by atoms with van der Waals surface area (Å²) in [6.45, 7) is 2.14. The zero-order chi connectivity index (χ0) is 18.6. The molecular formula is C20H20N4O3. The Morgan fingerprint density at radius 3 is 2.70 bits per heavy atom. The van der Waals surface area contributed by atoms with Crippen LogP contribution in [0.3, 0.4) is 0 Å². The van der Waals surface area contributed by atoms with Gasteiger partial charge in [-0.2, -0.15) is 0 Å². The maximum absolute atomic E-state index is 12.3. The molecule has 0 radical (unpaired) electrons. The van der Waals surface area contributed by atoms with Crippen LogP contribution >= 0.6 is 0 Å². The topological polar surface area (TPSA) is 88.2 Å². The van der Waals surface area contributed by atoms with E-state index in [1.54, 1.807) is 0 Å². The number of nitrogens with one attached hydrogen (secondary N) is 3. The van der Waals surface area contributed by atoms with Crippen molar-refractivity contribution in [3.8, 4) is 5.75 Å². The summed E-state index contributed by atoms with van der Waals surface area (Å²) in [5.74, 6) is 1.21. The molecule has 0 saturated heterocycles. The predicted molar refractivity (Wildman–Crippen MR) is 105 cm³/mol. The number of aromatic amines is 1. The fourth-order valence-electron chi connectivity index (χ4n) is 3.02. The van der Waals surface area contributed by atoms with Crippen molar-refractivity contribution in [2.75, 3.05) is 23.8 Å². The van der Waals surface area contributed by atoms with Crippen molar-refractivity contribution < 1.29 is 4.74 Å². The van der Waals surface area contributed by atoms with Crippen LogP contribution in [0.5, 0.6) is 5.75 Å². The Morgan fingerprint density at radius 1 is 1.04 bits per heavy atom. The molecule has 0 fully saturated rings. The Hall–Kier alpha value is -3.48. The molecule has 2 heterocycles. The normalized spacial score (nSPS) is 12.6. The average molecular weight is 364 g/mol. The molecule has 0 amide bonds. The molecule has 7 nitrogen and oxygen atoms in total. The van der Waals surface area contributed by atoms with Crippen LogP contribution in [-0.4, -0.2) is 22.7 Å². The van der Waals surface area contributed by atoms with Gasteiger partial charge in [0.2, 0.25) is 0 Å². The number of ether oxygens (including phenoxy) is 1. The number of hydrogen-bond acceptors (Lipinski definition) is 5. The average Bonchev–Trinajstić information content (AvgIpc) is 2.70. The summed E-state index contributed by atoms with van der Waals surface area (Å²) < 4.78 is 6.80. The third kappa shape index (κ3) is 3.87. The van der Waals surface area contributed by atoms with Crippen LogP contribution in [0.25, 0.3) is 0 Å². The van der Waals surface area contributed by atoms with Crippen LogP contribution in [0.4, 0.5) is 11.5 Å². The van der Waals surface area contributed by atoms with Crippen molar-refractivity contribution >= 4 is 11.5 Å². The summed E-state index contributed by atoms with van der Waals surface area (Å²) in [5.41, 5.74) is 2.08. The van der Waals surface area contributed by atoms with Crippen molar-refractivity contribution in [3.63, 3.8) is 0 Å². The first kappa shape index (κ1) is 17.0. The Morgan fingerprint density at radius 2 is 1.89 bits per heavy atom. The summed E-state index contributed by atoms with van der Waals surface area (Å²) in [4.78, 5) is 27.4. The maximum atomic E-state index is 12.3. The van der Waals surface area contributed by atoms with Gasteiger partial charge in [-0.1, -0.05) is 36.4 Å². The van der Waals surface area contributed by atoms with Gasteiger partial charge in [0, 0.05) is 19.2 Å². The molecule has 3 aromatic rings. The van der Waals surface area contributed by atoms with E-state index in [1.807, 2.05) is 48.5 Å². The first-order valence-electron chi connectivity index (χ1n) is 8.80. The largest absolute Gasteiger partial charge is 0.490 e. The standard InChI is InChI=1S/C20H20N4O3/c25-19-11-18(23-20(26)24(19)13-14-4-2-1-3-5-14)22-12-15-6-7-16-17(10-15)27-9-8-21-16/h1-7,10-11,21-22H,8-9,12-13H2,(H,23,26). The minimum atomic E-state index is -0.438. The number of hydrogen-bond donors (Lipinski definition) is 3. The lowest BCUT2D eigenvalue weighted by molar-refractivity contribution is 0.323. The van der Waals surface area contributed by atoms with Gasteiger partial charge in [0.25, 0.3) is 5.56 Å². The summed E-state index contributed by atoms with van der Waals surface area (Å²) >= 11 is 0. The van der Waals surface area contributed by atoms with Crippen molar-refractivity contribution in [1.82, 2.24) is 9.55 Å². The molecule has 1 aromatic heterocycles. The second-order valence-corrected chi connectivity index (χ2v) is 6.36. The van der Waals surface area contributed by atoms with Gasteiger partial charge in [-0.3, -0.25) is 14.3 Å². The van der Waals surface area contributed by atoms with Crippen LogP contribution in [0, 0.1) is 0 Å². The van der Waals surface area contributed by atoms with Crippen LogP contribution in [0.15, 0.2) is 64.2 Å². The van der Waals surface area contributed by atoms with E-state index in [2.05, 4.69) is 15.6 Å². The van der Waals surface area contributed by atoms with E-state index < -0.39 is 5.69 Å². The summed E-state index contributed by atoms with van der Waals surface area (Å²) in [6, 6.07) is 16.7. The highest BCUT2D eigenvalue weighted by Crippen LogP contribution is 2.28. The van der Waals surface area contributed by atoms with Crippen LogP contribution in [0.1, 0.15) is 11.1 Å². The molecule has 1 aliphatic rings. The minimum Gasteiger partial charge on any atom is -0.490 e. The van der Waals surface area contributed by atoms with Gasteiger partial charge in [-0.05, 0) is 23.3 Å². The Kier molecular flexibility index (Phi) is 4.65. The summed E-state index contributed by atoms with van der Waals surface area (Å²) in [7, 11) is 0. The molecule has 0 spiro atoms. The van der Waals surface area contributed by atoms with Gasteiger partial charge in [0.05, 0.1) is 12.2 Å². The van der Waals surface area contributed by atoms with E-state index in [-0.39, 0.29) is 12.1 Å². The fraction of sp³-hybridized carbons (Fsp3) is 0.200. The summed E-state index contributed by atoms with van der Waals surface area (Å²) in [5, 5.41) is 6.36. The van der Waals surface area contributed by atoms with Crippen LogP contribution in [0.2, 0.25) is 0 Å². The molecule has 0 bridgehead atoms. The molecule has 4 rings (SSSR count). The predicted octanol–water partition coefficient (Wildman–Crippen LogP) is 2.00. The molecule has 27 heavy (non-hydrogen) atoms. The zero-order valence-corrected chi connectivity index (χ0v) is 14.7. The van der Waals surface area contributed by atoms with Crippen molar-refractivity contribution in [2.24, 2.45) is 0 Å². The van der Waals surface area contributed by atoms with Crippen molar-refractivity contribution in [2.45, 2.75) is 13.1 Å². The number of anilines is 2. The van der Waals surface area contributed by atoms with E-state index in [0.717, 1.165) is 29.1 Å². The molecule has 7 heteroatoms. The molecule has 138 valence electrons. The number of H-pyrrole nitrogens is 1. The van der Waals surface area contributed by atoms with E-state index in [1.165, 1.54) is 10.6 Å². The Bertz CT molecular complexity index is 1030. The molecule has 2 aromatic carbocycles. The molecule has 0 atom stereocenters. The highest BCUT2D eigenvalue weighted by molar-refractivity contribution is 5.59. The van der Waals surface area contributed by atoms with Gasteiger partial charge in [0.15, 0.2) is 0 Å². The third-order valence-electron chi connectivity index (χ3n) is 4.41. The van der Waals surface area contributed by atoms with Gasteiger partial charge < -0.3 is 15.4 Å². The quantitative estimate of drug-likeness (QED) is 0.645. The van der Waals surface area contributed by atoms with Crippen LogP contribution in [-0.2, 0) is 13.1 Å². The fourth-order valence-corrected chi connectivity index (χ4v) is 3.02. The highest BCUT2D eigenvalue weighted by atomic mass is 16.5. The second kappa shape index (κ2) is 7.41. The number of nitrogens with zero attached hydrogens (tertiary/aromatic N) is 1. The second-order valence-electron chi connectivity index (χ2n) is 6.36. The van der Waals surface area contributed by atoms with Crippen molar-refractivity contribution in [3.05, 3.63) is 86.6 Å². The van der Waals surface area contributed by atoms with E-state index in [4.69, 9.17) is 4.74 Å². The molecule has 1 aliphatic heterocycles. The van der Waals surface area contributed by atoms with Gasteiger partial charge in [-0.25, -0.2) is 4.79 Å². The highest BCUT2D eigenvalue weighted by Gasteiger charge is 2.10. The number of aromatic nitrogens is 2. The smallest absolute Gasteiger partial charge is 0.330 e. The lowest BCUT2D eigenvalue weighted by atomic mass is 10.1. The Labute approximate surface area is 155 Å². The van der Waals surface area contributed by atoms with E-state index in [9.17, 15) is 9.59 Å². The first-order valence-corrected chi connectivity index (χ1v) is 8.80. The summed E-state index contributed by atoms with van der Waals surface area (Å²) in [6.07, 6.45) is 0. The molecule has 0 aliphatic carbocycles. The van der Waals surface area contributed by atoms with Gasteiger partial charge >= 0.3 is 5.69 Å². The molecule has 0 saturated carbocycles. The maximum Gasteiger partial charge on any atom is 0.330 e. The third-order valence-corrected chi connectivity index (χ3v) is 4.41. The van der Waals surface area contributed by atoms with E-state index >= 15 is 0 Å². The number of rotatable bonds is 5. The van der Waals surface area contributed by atoms with Gasteiger partial charge in [-0.15, -0.1) is 0 Å². The molecule has 0 unspecified atom stereocenters. The lowest BCUT2D eigenvalue weighted by Gasteiger charge is -2.19. The van der Waals surface area contributed by atoms with Crippen molar-refractivity contribution in [1.29, 1.82) is 0 Å². The number of fused-ring (bicyclic) bond motifs is 1. The van der Waals surface area contributed by atoms with Gasteiger partial charge in [0.1, 0.15) is 18.2 Å². The SMILES string of the molecule is O=c1cc(NCc2ccc3c(c2)OCCN3)[nH]c(=O)n1Cc1ccccc1. The number of benzene rings is 2. The minimum absolute atomic E-state index is 0.241. The molecule has 3 N–H and O–H groups in total. The Balaban J connectivity index is 1.48. The lowest BCUT2D eigenvalue weighted by Crippen LogP contribution is -2.35. The zero-order valence-electron chi connectivity index (χ0n) is 14.7. The molecular weight excluding hydrogens is 344 g/mol. The first-order chi connectivity index (χ1) is 13.2. The van der Waals surface area contributed by atoms with Crippen LogP contribution < -0.4 is 26.6 Å². The van der Waals surface area contributed by atoms with E-state index in [0.29, 0.717) is 19.0 Å².